The first-order chi connectivity index (χ1) is 30.9. The van der Waals surface area contributed by atoms with Crippen LogP contribution in [0.3, 0.4) is 0 Å². The quantitative estimate of drug-likeness (QED) is 0.134. The van der Waals surface area contributed by atoms with Crippen LogP contribution in [0.25, 0.3) is 0 Å². The van der Waals surface area contributed by atoms with Gasteiger partial charge in [-0.05, 0) is 109 Å². The van der Waals surface area contributed by atoms with Crippen molar-refractivity contribution >= 4 is 52.9 Å². The molecule has 6 rings (SSSR count). The minimum Gasteiger partial charge on any atom is -0.453 e. The van der Waals surface area contributed by atoms with Gasteiger partial charge in [0.25, 0.3) is 0 Å². The molecule has 1 unspecified atom stereocenters. The van der Waals surface area contributed by atoms with Gasteiger partial charge in [-0.1, -0.05) is 84.9 Å². The second-order valence-electron chi connectivity index (χ2n) is 19.1. The van der Waals surface area contributed by atoms with Gasteiger partial charge in [0.05, 0.1) is 26.3 Å². The van der Waals surface area contributed by atoms with Crippen LogP contribution >= 0.6 is 0 Å². The van der Waals surface area contributed by atoms with Crippen LogP contribution < -0.4 is 26.2 Å². The van der Waals surface area contributed by atoms with E-state index in [1.807, 2.05) is 52.0 Å². The predicted octanol–water partition coefficient (Wildman–Crippen LogP) is 7.69. The summed E-state index contributed by atoms with van der Waals surface area (Å²) in [5, 5.41) is 11.3. The molecule has 0 aliphatic carbocycles. The van der Waals surface area contributed by atoms with Gasteiger partial charge in [0.1, 0.15) is 24.2 Å². The fraction of sp³-hybridized carbons (Fsp3) is 0.520. The summed E-state index contributed by atoms with van der Waals surface area (Å²) in [5.74, 6) is -1.55. The molecule has 3 aromatic carbocycles. The number of alkyl carbamates (subject to hydrolysis) is 2. The Balaban J connectivity index is 1.17. The summed E-state index contributed by atoms with van der Waals surface area (Å²) < 4.78 is 9.49. The molecule has 6 atom stereocenters. The topological polar surface area (TPSA) is 179 Å². The van der Waals surface area contributed by atoms with Crippen LogP contribution in [0.5, 0.6) is 0 Å². The summed E-state index contributed by atoms with van der Waals surface area (Å²) in [7, 11) is 2.50. The third kappa shape index (κ3) is 11.2. The zero-order valence-electron chi connectivity index (χ0n) is 39.3. The Morgan fingerprint density at radius 3 is 1.29 bits per heavy atom. The van der Waals surface area contributed by atoms with Gasteiger partial charge in [-0.15, -0.1) is 0 Å². The van der Waals surface area contributed by atoms with E-state index in [2.05, 4.69) is 95.5 Å². The molecule has 350 valence electrons. The molecule has 65 heavy (non-hydrogen) atoms. The minimum absolute atomic E-state index is 0.0132. The fourth-order valence-corrected chi connectivity index (χ4v) is 9.35. The molecular formula is C50H67N7O8. The highest BCUT2D eigenvalue weighted by atomic mass is 16.5. The molecule has 0 spiro atoms. The number of carbonyl (C=O) groups excluding carboxylic acids is 6. The Kier molecular flexibility index (Phi) is 15.5. The van der Waals surface area contributed by atoms with Gasteiger partial charge in [0.2, 0.25) is 23.6 Å². The lowest BCUT2D eigenvalue weighted by atomic mass is 9.87. The number of anilines is 3. The van der Waals surface area contributed by atoms with Gasteiger partial charge in [0.15, 0.2) is 0 Å². The number of nitrogens with zero attached hydrogens (tertiary/aromatic N) is 3. The summed E-state index contributed by atoms with van der Waals surface area (Å²) in [5.41, 5.74) is 5.75. The van der Waals surface area contributed by atoms with Gasteiger partial charge in [-0.2, -0.15) is 0 Å². The molecular weight excluding hydrogens is 827 g/mol. The summed E-state index contributed by atoms with van der Waals surface area (Å²) in [6, 6.07) is 21.7. The first-order valence-corrected chi connectivity index (χ1v) is 22.9. The Hall–Kier alpha value is -6.12. The zero-order valence-corrected chi connectivity index (χ0v) is 39.3. The third-order valence-corrected chi connectivity index (χ3v) is 13.0. The number of benzene rings is 3. The van der Waals surface area contributed by atoms with E-state index < -0.39 is 36.4 Å². The van der Waals surface area contributed by atoms with E-state index in [1.54, 1.807) is 9.80 Å². The Labute approximate surface area is 383 Å². The average molecular weight is 894 g/mol. The number of likely N-dealkylation sites (tertiary alicyclic amines) is 2. The summed E-state index contributed by atoms with van der Waals surface area (Å²) in [6.07, 6.45) is 2.77. The SMILES string of the molecule is COC(=O)N[C@H](C(=O)N1CCC[C@H]1C(=O)Nc1ccc(C2CC[C@@H](c3ccc(NC(=O)[C@@H]4CCCN4C(=O)[C@@H](NC(=O)OC)C(C)C)cc3)N2c2ccc(C(C)(C)C)cc2)cc1)C(C)C. The maximum Gasteiger partial charge on any atom is 0.407 e. The molecule has 3 saturated heterocycles. The molecule has 3 aliphatic rings. The van der Waals surface area contributed by atoms with Crippen LogP contribution in [0.15, 0.2) is 72.8 Å². The van der Waals surface area contributed by atoms with E-state index in [-0.39, 0.29) is 53.0 Å². The fourth-order valence-electron chi connectivity index (χ4n) is 9.35. The van der Waals surface area contributed by atoms with Crippen molar-refractivity contribution in [2.45, 2.75) is 129 Å². The molecule has 3 aromatic rings. The van der Waals surface area contributed by atoms with Crippen LogP contribution in [-0.4, -0.2) is 97.1 Å². The van der Waals surface area contributed by atoms with Crippen molar-refractivity contribution in [3.8, 4) is 0 Å². The van der Waals surface area contributed by atoms with Crippen LogP contribution in [-0.2, 0) is 34.1 Å². The van der Waals surface area contributed by atoms with E-state index in [0.717, 1.165) is 29.7 Å². The highest BCUT2D eigenvalue weighted by Crippen LogP contribution is 2.47. The van der Waals surface area contributed by atoms with Crippen molar-refractivity contribution in [3.05, 3.63) is 89.5 Å². The molecule has 6 amide bonds. The predicted molar refractivity (Wildman–Crippen MR) is 250 cm³/mol. The van der Waals surface area contributed by atoms with Gasteiger partial charge in [0, 0.05) is 30.2 Å². The first-order valence-electron chi connectivity index (χ1n) is 22.9. The van der Waals surface area contributed by atoms with Crippen molar-refractivity contribution in [2.75, 3.05) is 42.8 Å². The monoisotopic (exact) mass is 894 g/mol. The molecule has 3 heterocycles. The lowest BCUT2D eigenvalue weighted by Crippen LogP contribution is -2.54. The average Bonchev–Trinajstić information content (AvgIpc) is 4.08. The highest BCUT2D eigenvalue weighted by Gasteiger charge is 2.41. The molecule has 3 aliphatic heterocycles. The highest BCUT2D eigenvalue weighted by molar-refractivity contribution is 5.99. The second-order valence-corrected chi connectivity index (χ2v) is 19.1. The van der Waals surface area contributed by atoms with Crippen molar-refractivity contribution in [3.63, 3.8) is 0 Å². The number of hydrogen-bond donors (Lipinski definition) is 4. The summed E-state index contributed by atoms with van der Waals surface area (Å²) >= 11 is 0. The third-order valence-electron chi connectivity index (χ3n) is 13.0. The molecule has 4 N–H and O–H groups in total. The maximum atomic E-state index is 13.7. The Morgan fingerprint density at radius 1 is 0.569 bits per heavy atom. The van der Waals surface area contributed by atoms with Crippen molar-refractivity contribution in [2.24, 2.45) is 11.8 Å². The van der Waals surface area contributed by atoms with Gasteiger partial charge in [-0.3, -0.25) is 19.2 Å². The van der Waals surface area contributed by atoms with Gasteiger partial charge >= 0.3 is 12.2 Å². The van der Waals surface area contributed by atoms with E-state index in [4.69, 9.17) is 9.47 Å². The van der Waals surface area contributed by atoms with Gasteiger partial charge in [-0.25, -0.2) is 9.59 Å². The van der Waals surface area contributed by atoms with Crippen LogP contribution in [0.2, 0.25) is 0 Å². The second kappa shape index (κ2) is 20.8. The largest absolute Gasteiger partial charge is 0.453 e. The Bertz CT molecular complexity index is 2050. The van der Waals surface area contributed by atoms with Crippen LogP contribution in [0.1, 0.15) is 116 Å². The van der Waals surface area contributed by atoms with E-state index in [0.29, 0.717) is 50.1 Å². The van der Waals surface area contributed by atoms with Gasteiger partial charge < -0.3 is 45.4 Å². The smallest absolute Gasteiger partial charge is 0.407 e. The molecule has 3 fully saturated rings. The number of hydrogen-bond acceptors (Lipinski definition) is 9. The summed E-state index contributed by atoms with van der Waals surface area (Å²) in [4.78, 5) is 84.1. The zero-order chi connectivity index (χ0) is 47.2. The number of rotatable bonds is 13. The molecule has 0 radical (unpaired) electrons. The number of carbonyl (C=O) groups is 6. The number of methoxy groups -OCH3 is 2. The normalized spacial score (nSPS) is 20.6. The lowest BCUT2D eigenvalue weighted by molar-refractivity contribution is -0.139. The van der Waals surface area contributed by atoms with Crippen molar-refractivity contribution in [1.82, 2.24) is 20.4 Å². The molecule has 0 bridgehead atoms. The minimum atomic E-state index is -0.814. The van der Waals surface area contributed by atoms with E-state index in [1.165, 1.54) is 19.8 Å². The van der Waals surface area contributed by atoms with Crippen molar-refractivity contribution < 1.29 is 38.2 Å². The van der Waals surface area contributed by atoms with E-state index in [9.17, 15) is 28.8 Å². The summed E-state index contributed by atoms with van der Waals surface area (Å²) in [6.45, 7) is 14.8. The van der Waals surface area contributed by atoms with E-state index >= 15 is 0 Å². The maximum absolute atomic E-state index is 13.7. The number of amides is 6. The first kappa shape index (κ1) is 48.3. The van der Waals surface area contributed by atoms with Crippen LogP contribution in [0.4, 0.5) is 26.7 Å². The molecule has 15 nitrogen and oxygen atoms in total. The number of ether oxygens (including phenoxy) is 2. The number of nitrogens with one attached hydrogen (secondary N) is 4. The molecule has 0 saturated carbocycles. The Morgan fingerprint density at radius 2 is 0.954 bits per heavy atom. The lowest BCUT2D eigenvalue weighted by Gasteiger charge is -2.34. The van der Waals surface area contributed by atoms with Crippen LogP contribution in [0, 0.1) is 11.8 Å². The van der Waals surface area contributed by atoms with Crippen molar-refractivity contribution in [1.29, 1.82) is 0 Å². The molecule has 0 aromatic heterocycles. The standard InChI is InChI=1S/C50H67N7O8/c1-30(2)42(53-48(62)64-8)46(60)55-28-10-12-40(55)44(58)51-35-20-14-32(15-21-35)38-26-27-39(57(38)37-24-18-34(19-25-37)50(5,6)7)33-16-22-36(23-17-33)52-45(59)41-13-11-29-56(41)47(61)43(31(3)4)54-49(63)65-9/h14-25,30-31,38-43H,10-13,26-29H2,1-9H3,(H,51,58)(H,52,59)(H,53,62)(H,54,63)/t38-,39?,40-,41-,42-,43-/m0/s1. The molecule has 15 heteroatoms.